The molecule has 0 aromatic carbocycles. The molecule has 118 valence electrons. The van der Waals surface area contributed by atoms with Crippen LogP contribution in [0.3, 0.4) is 0 Å². The molecule has 0 unspecified atom stereocenters. The van der Waals surface area contributed by atoms with E-state index in [2.05, 4.69) is 15.3 Å². The summed E-state index contributed by atoms with van der Waals surface area (Å²) in [5.74, 6) is -0.363. The standard InChI is InChI=1S/C12H15N5O5/c1-9(18)22-5-4-21-8-17-7-10(14-15-17)6-16-3-2-11(19)13-12(16)20/h2-3,7H,4-6,8H2,1H3,(H,13,19,20). The average molecular weight is 309 g/mol. The number of ether oxygens (including phenoxy) is 2. The zero-order chi connectivity index (χ0) is 15.9. The number of rotatable bonds is 7. The maximum atomic E-state index is 11.5. The molecule has 0 aliphatic rings. The van der Waals surface area contributed by atoms with Gasteiger partial charge in [-0.2, -0.15) is 0 Å². The molecule has 10 heteroatoms. The lowest BCUT2D eigenvalue weighted by molar-refractivity contribution is -0.142. The van der Waals surface area contributed by atoms with E-state index in [-0.39, 0.29) is 32.5 Å². The highest BCUT2D eigenvalue weighted by Crippen LogP contribution is 1.96. The predicted molar refractivity (Wildman–Crippen MR) is 73.0 cm³/mol. The van der Waals surface area contributed by atoms with Crippen molar-refractivity contribution in [2.24, 2.45) is 0 Å². The van der Waals surface area contributed by atoms with Crippen LogP contribution in [0.1, 0.15) is 12.6 Å². The number of hydrogen-bond acceptors (Lipinski definition) is 7. The van der Waals surface area contributed by atoms with E-state index in [9.17, 15) is 14.4 Å². The van der Waals surface area contributed by atoms with Crippen molar-refractivity contribution >= 4 is 5.97 Å². The molecule has 2 heterocycles. The molecule has 22 heavy (non-hydrogen) atoms. The Balaban J connectivity index is 1.85. The fraction of sp³-hybridized carbons (Fsp3) is 0.417. The summed E-state index contributed by atoms with van der Waals surface area (Å²) in [6.45, 7) is 2.07. The second kappa shape index (κ2) is 7.31. The predicted octanol–water partition coefficient (Wildman–Crippen LogP) is -1.29. The Kier molecular flexibility index (Phi) is 5.20. The van der Waals surface area contributed by atoms with Gasteiger partial charge in [-0.05, 0) is 0 Å². The molecule has 0 saturated carbocycles. The first-order valence-electron chi connectivity index (χ1n) is 6.44. The monoisotopic (exact) mass is 309 g/mol. The van der Waals surface area contributed by atoms with Crippen LogP contribution in [0.25, 0.3) is 0 Å². The molecule has 0 aliphatic carbocycles. The summed E-state index contributed by atoms with van der Waals surface area (Å²) in [6.07, 6.45) is 3.00. The van der Waals surface area contributed by atoms with Crippen LogP contribution in [0.5, 0.6) is 0 Å². The number of hydrogen-bond donors (Lipinski definition) is 1. The Bertz CT molecular complexity index is 747. The van der Waals surface area contributed by atoms with Gasteiger partial charge < -0.3 is 9.47 Å². The Labute approximate surface area is 124 Å². The van der Waals surface area contributed by atoms with Gasteiger partial charge in [0.15, 0.2) is 0 Å². The molecule has 0 radical (unpaired) electrons. The Morgan fingerprint density at radius 2 is 2.18 bits per heavy atom. The lowest BCUT2D eigenvalue weighted by Gasteiger charge is -2.03. The smallest absolute Gasteiger partial charge is 0.328 e. The van der Waals surface area contributed by atoms with Gasteiger partial charge in [-0.15, -0.1) is 5.10 Å². The number of aromatic nitrogens is 5. The van der Waals surface area contributed by atoms with Crippen LogP contribution in [-0.2, 0) is 27.5 Å². The second-order valence-electron chi connectivity index (χ2n) is 4.36. The van der Waals surface area contributed by atoms with Crippen molar-refractivity contribution in [2.75, 3.05) is 13.2 Å². The molecule has 2 aromatic rings. The first-order valence-corrected chi connectivity index (χ1v) is 6.44. The molecule has 2 aromatic heterocycles. The lowest BCUT2D eigenvalue weighted by atomic mass is 10.4. The topological polar surface area (TPSA) is 121 Å². The highest BCUT2D eigenvalue weighted by atomic mass is 16.6. The second-order valence-corrected chi connectivity index (χ2v) is 4.36. The molecule has 0 fully saturated rings. The van der Waals surface area contributed by atoms with Crippen LogP contribution in [0, 0.1) is 0 Å². The van der Waals surface area contributed by atoms with E-state index >= 15 is 0 Å². The van der Waals surface area contributed by atoms with E-state index in [1.807, 2.05) is 0 Å². The van der Waals surface area contributed by atoms with Crippen molar-refractivity contribution in [1.82, 2.24) is 24.5 Å². The van der Waals surface area contributed by atoms with Crippen LogP contribution in [0.4, 0.5) is 0 Å². The van der Waals surface area contributed by atoms with Gasteiger partial charge in [-0.1, -0.05) is 5.21 Å². The number of carbonyl (C=O) groups excluding carboxylic acids is 1. The van der Waals surface area contributed by atoms with E-state index in [1.165, 1.54) is 28.4 Å². The van der Waals surface area contributed by atoms with Gasteiger partial charge in [0.25, 0.3) is 5.56 Å². The van der Waals surface area contributed by atoms with Gasteiger partial charge in [0, 0.05) is 19.2 Å². The average Bonchev–Trinajstić information content (AvgIpc) is 2.89. The third-order valence-corrected chi connectivity index (χ3v) is 2.57. The van der Waals surface area contributed by atoms with Crippen molar-refractivity contribution in [2.45, 2.75) is 20.2 Å². The number of esters is 1. The first-order chi connectivity index (χ1) is 10.5. The summed E-state index contributed by atoms with van der Waals surface area (Å²) in [4.78, 5) is 35.2. The number of aromatic amines is 1. The van der Waals surface area contributed by atoms with Gasteiger partial charge >= 0.3 is 11.7 Å². The molecular formula is C12H15N5O5. The molecule has 10 nitrogen and oxygen atoms in total. The fourth-order valence-corrected chi connectivity index (χ4v) is 1.62. The lowest BCUT2D eigenvalue weighted by Crippen LogP contribution is -2.28. The Morgan fingerprint density at radius 3 is 2.91 bits per heavy atom. The van der Waals surface area contributed by atoms with Crippen LogP contribution in [0.2, 0.25) is 0 Å². The van der Waals surface area contributed by atoms with E-state index in [1.54, 1.807) is 6.20 Å². The summed E-state index contributed by atoms with van der Waals surface area (Å²) in [5, 5.41) is 7.74. The van der Waals surface area contributed by atoms with Crippen LogP contribution in [-0.4, -0.2) is 43.7 Å². The molecule has 0 spiro atoms. The number of nitrogens with one attached hydrogen (secondary N) is 1. The van der Waals surface area contributed by atoms with E-state index in [0.717, 1.165) is 0 Å². The molecule has 0 bridgehead atoms. The third kappa shape index (κ3) is 4.66. The van der Waals surface area contributed by atoms with Gasteiger partial charge in [-0.3, -0.25) is 19.1 Å². The Morgan fingerprint density at radius 1 is 1.36 bits per heavy atom. The molecular weight excluding hydrogens is 294 g/mol. The maximum Gasteiger partial charge on any atom is 0.328 e. The van der Waals surface area contributed by atoms with E-state index in [0.29, 0.717) is 5.69 Å². The third-order valence-electron chi connectivity index (χ3n) is 2.57. The SMILES string of the molecule is CC(=O)OCCOCn1cc(Cn2ccc(=O)[nH]c2=O)nn1. The van der Waals surface area contributed by atoms with E-state index in [4.69, 9.17) is 9.47 Å². The summed E-state index contributed by atoms with van der Waals surface area (Å²) in [6, 6.07) is 1.25. The highest BCUT2D eigenvalue weighted by Gasteiger charge is 2.04. The van der Waals surface area contributed by atoms with Crippen LogP contribution < -0.4 is 11.2 Å². The zero-order valence-electron chi connectivity index (χ0n) is 11.9. The van der Waals surface area contributed by atoms with Crippen molar-refractivity contribution in [1.29, 1.82) is 0 Å². The van der Waals surface area contributed by atoms with Gasteiger partial charge in [0.1, 0.15) is 19.0 Å². The van der Waals surface area contributed by atoms with Crippen molar-refractivity contribution in [3.63, 3.8) is 0 Å². The highest BCUT2D eigenvalue weighted by molar-refractivity contribution is 5.65. The summed E-state index contributed by atoms with van der Waals surface area (Å²) in [7, 11) is 0. The minimum Gasteiger partial charge on any atom is -0.463 e. The number of carbonyl (C=O) groups is 1. The summed E-state index contributed by atoms with van der Waals surface area (Å²) in [5.41, 5.74) is -0.427. The first kappa shape index (κ1) is 15.6. The van der Waals surface area contributed by atoms with Gasteiger partial charge in [0.2, 0.25) is 0 Å². The van der Waals surface area contributed by atoms with Crippen molar-refractivity contribution < 1.29 is 14.3 Å². The molecule has 0 amide bonds. The summed E-state index contributed by atoms with van der Waals surface area (Å²) >= 11 is 0. The van der Waals surface area contributed by atoms with Crippen molar-refractivity contribution in [3.8, 4) is 0 Å². The van der Waals surface area contributed by atoms with E-state index < -0.39 is 11.2 Å². The molecule has 1 N–H and O–H groups in total. The molecule has 0 saturated heterocycles. The minimum atomic E-state index is -0.514. The minimum absolute atomic E-state index is 0.148. The van der Waals surface area contributed by atoms with Crippen molar-refractivity contribution in [3.05, 3.63) is 45.0 Å². The largest absolute Gasteiger partial charge is 0.463 e. The molecule has 2 rings (SSSR count). The normalized spacial score (nSPS) is 10.6. The molecule has 0 aliphatic heterocycles. The summed E-state index contributed by atoms with van der Waals surface area (Å²) < 4.78 is 12.7. The molecule has 0 atom stereocenters. The zero-order valence-corrected chi connectivity index (χ0v) is 11.9. The number of H-pyrrole nitrogens is 1. The quantitative estimate of drug-likeness (QED) is 0.499. The van der Waals surface area contributed by atoms with Crippen LogP contribution >= 0.6 is 0 Å². The number of nitrogens with zero attached hydrogens (tertiary/aromatic N) is 4. The van der Waals surface area contributed by atoms with Gasteiger partial charge in [0.05, 0.1) is 19.3 Å². The fourth-order valence-electron chi connectivity index (χ4n) is 1.62. The maximum absolute atomic E-state index is 11.5. The Hall–Kier alpha value is -2.75. The van der Waals surface area contributed by atoms with Gasteiger partial charge in [-0.25, -0.2) is 9.48 Å². The van der Waals surface area contributed by atoms with Crippen LogP contribution in [0.15, 0.2) is 28.0 Å².